The molecule has 27 heavy (non-hydrogen) atoms. The van der Waals surface area contributed by atoms with Crippen molar-refractivity contribution in [2.75, 3.05) is 19.0 Å². The zero-order valence-electron chi connectivity index (χ0n) is 14.2. The lowest BCUT2D eigenvalue weighted by Crippen LogP contribution is -2.42. The molecule has 0 bridgehead atoms. The van der Waals surface area contributed by atoms with Crippen molar-refractivity contribution in [3.63, 3.8) is 0 Å². The minimum Gasteiger partial charge on any atom is -0.379 e. The molecule has 1 fully saturated rings. The second-order valence-electron chi connectivity index (χ2n) is 6.56. The number of hydrogen-bond acceptors (Lipinski definition) is 6. The van der Waals surface area contributed by atoms with Gasteiger partial charge in [0.25, 0.3) is 0 Å². The zero-order valence-corrected chi connectivity index (χ0v) is 15.1. The van der Waals surface area contributed by atoms with Gasteiger partial charge in [0.2, 0.25) is 0 Å². The lowest BCUT2D eigenvalue weighted by atomic mass is 9.77. The number of aromatic nitrogens is 2. The predicted molar refractivity (Wildman–Crippen MR) is 97.0 cm³/mol. The van der Waals surface area contributed by atoms with Gasteiger partial charge in [-0.15, -0.1) is 0 Å². The molecule has 5 nitrogen and oxygen atoms in total. The molecule has 0 spiro atoms. The number of aliphatic imine (C=N–C) groups is 1. The molecule has 0 radical (unpaired) electrons. The van der Waals surface area contributed by atoms with E-state index in [1.165, 1.54) is 36.5 Å². The third kappa shape index (κ3) is 3.08. The minimum atomic E-state index is -1.10. The highest BCUT2D eigenvalue weighted by atomic mass is 32.2. The van der Waals surface area contributed by atoms with Crippen molar-refractivity contribution in [3.8, 4) is 11.1 Å². The van der Waals surface area contributed by atoms with Crippen LogP contribution in [0.25, 0.3) is 11.1 Å². The summed E-state index contributed by atoms with van der Waals surface area (Å²) in [5, 5.41) is 0.309. The van der Waals surface area contributed by atoms with Crippen LogP contribution in [0.2, 0.25) is 0 Å². The first-order valence-electron chi connectivity index (χ1n) is 8.46. The monoisotopic (exact) mass is 394 g/mol. The van der Waals surface area contributed by atoms with Gasteiger partial charge in [-0.2, -0.15) is 0 Å². The summed E-state index contributed by atoms with van der Waals surface area (Å²) in [5.74, 6) is -1.18. The number of thioether (sulfide) groups is 1. The number of rotatable bonds is 4. The molecule has 3 atom stereocenters. The Hall–Kier alpha value is -2.13. The van der Waals surface area contributed by atoms with E-state index in [0.29, 0.717) is 16.5 Å². The van der Waals surface area contributed by atoms with E-state index >= 15 is 0 Å². The highest BCUT2D eigenvalue weighted by Gasteiger charge is 2.54. The van der Waals surface area contributed by atoms with Crippen LogP contribution in [-0.4, -0.2) is 40.3 Å². The SMILES string of the molecule is NC1=N[C@@]2(c3cc(-c4cncnc4)c(F)cc3F)CO[C@@H](CCF)[C@H]2CS1. The maximum atomic E-state index is 14.9. The minimum absolute atomic E-state index is 0.0663. The van der Waals surface area contributed by atoms with Crippen LogP contribution in [0.15, 0.2) is 35.8 Å². The van der Waals surface area contributed by atoms with Gasteiger partial charge in [-0.25, -0.2) is 23.7 Å². The fourth-order valence-corrected chi connectivity index (χ4v) is 4.87. The van der Waals surface area contributed by atoms with Crippen LogP contribution in [0.5, 0.6) is 0 Å². The molecule has 0 amide bonds. The Balaban J connectivity index is 1.87. The molecule has 1 aromatic carbocycles. The van der Waals surface area contributed by atoms with Crippen LogP contribution < -0.4 is 5.73 Å². The molecule has 3 heterocycles. The number of halogens is 3. The van der Waals surface area contributed by atoms with Crippen molar-refractivity contribution in [3.05, 3.63) is 48.1 Å². The molecule has 2 aliphatic heterocycles. The summed E-state index contributed by atoms with van der Waals surface area (Å²) >= 11 is 1.34. The summed E-state index contributed by atoms with van der Waals surface area (Å²) in [5.41, 5.74) is 5.61. The van der Waals surface area contributed by atoms with Gasteiger partial charge in [0.05, 0.1) is 19.4 Å². The van der Waals surface area contributed by atoms with Crippen LogP contribution in [0.3, 0.4) is 0 Å². The molecule has 142 valence electrons. The number of amidine groups is 1. The lowest BCUT2D eigenvalue weighted by Gasteiger charge is -2.36. The quantitative estimate of drug-likeness (QED) is 0.863. The van der Waals surface area contributed by atoms with E-state index in [1.54, 1.807) is 0 Å². The number of alkyl halides is 1. The molecule has 1 saturated heterocycles. The maximum Gasteiger partial charge on any atom is 0.154 e. The van der Waals surface area contributed by atoms with E-state index in [-0.39, 0.29) is 30.1 Å². The van der Waals surface area contributed by atoms with Crippen LogP contribution in [0.4, 0.5) is 13.2 Å². The fraction of sp³-hybridized carbons (Fsp3) is 0.389. The zero-order chi connectivity index (χ0) is 19.0. The second-order valence-corrected chi connectivity index (χ2v) is 7.60. The second kappa shape index (κ2) is 7.12. The Morgan fingerprint density at radius 1 is 1.22 bits per heavy atom. The summed E-state index contributed by atoms with van der Waals surface area (Å²) in [4.78, 5) is 12.3. The van der Waals surface area contributed by atoms with Gasteiger partial charge >= 0.3 is 0 Å². The third-order valence-electron chi connectivity index (χ3n) is 5.09. The Labute approximate surface area is 158 Å². The van der Waals surface area contributed by atoms with E-state index in [4.69, 9.17) is 10.5 Å². The van der Waals surface area contributed by atoms with E-state index in [0.717, 1.165) is 6.07 Å². The van der Waals surface area contributed by atoms with Crippen LogP contribution >= 0.6 is 11.8 Å². The first-order valence-corrected chi connectivity index (χ1v) is 9.44. The van der Waals surface area contributed by atoms with Crippen molar-refractivity contribution in [1.29, 1.82) is 0 Å². The maximum absolute atomic E-state index is 14.9. The summed E-state index contributed by atoms with van der Waals surface area (Å²) in [7, 11) is 0. The van der Waals surface area contributed by atoms with Gasteiger partial charge in [-0.05, 0) is 6.07 Å². The van der Waals surface area contributed by atoms with Crippen molar-refractivity contribution in [1.82, 2.24) is 9.97 Å². The number of nitrogens with zero attached hydrogens (tertiary/aromatic N) is 3. The number of nitrogens with two attached hydrogens (primary N) is 1. The standard InChI is InChI=1S/C18H17F3N4OS/c19-2-1-16-13-7-27-17(22)25-18(13,8-26-16)12-3-11(14(20)4-15(12)21)10-5-23-9-24-6-10/h3-6,9,13,16H,1-2,7-8H2,(H2,22,25)/t13-,16+,18-/m1/s1. The van der Waals surface area contributed by atoms with Crippen LogP contribution in [-0.2, 0) is 10.3 Å². The van der Waals surface area contributed by atoms with Gasteiger partial charge in [-0.3, -0.25) is 4.39 Å². The smallest absolute Gasteiger partial charge is 0.154 e. The van der Waals surface area contributed by atoms with Gasteiger partial charge in [0, 0.05) is 53.2 Å². The highest BCUT2D eigenvalue weighted by molar-refractivity contribution is 8.13. The molecule has 9 heteroatoms. The number of hydrogen-bond donors (Lipinski definition) is 1. The highest BCUT2D eigenvalue weighted by Crippen LogP contribution is 2.49. The predicted octanol–water partition coefficient (Wildman–Crippen LogP) is 3.05. The van der Waals surface area contributed by atoms with E-state index in [2.05, 4.69) is 15.0 Å². The van der Waals surface area contributed by atoms with Gasteiger partial charge in [0.15, 0.2) is 5.17 Å². The molecule has 2 aliphatic rings. The van der Waals surface area contributed by atoms with E-state index in [9.17, 15) is 13.2 Å². The van der Waals surface area contributed by atoms with Crippen molar-refractivity contribution < 1.29 is 17.9 Å². The summed E-state index contributed by atoms with van der Waals surface area (Å²) < 4.78 is 48.1. The van der Waals surface area contributed by atoms with Crippen molar-refractivity contribution in [2.45, 2.75) is 18.1 Å². The molecule has 4 rings (SSSR count). The third-order valence-corrected chi connectivity index (χ3v) is 6.00. The fourth-order valence-electron chi connectivity index (χ4n) is 3.80. The molecule has 0 saturated carbocycles. The normalized spacial score (nSPS) is 27.3. The van der Waals surface area contributed by atoms with E-state index in [1.807, 2.05) is 0 Å². The lowest BCUT2D eigenvalue weighted by molar-refractivity contribution is 0.0807. The Morgan fingerprint density at radius 2 is 2.00 bits per heavy atom. The summed E-state index contributed by atoms with van der Waals surface area (Å²) in [6.07, 6.45) is 4.04. The molecule has 0 unspecified atom stereocenters. The Morgan fingerprint density at radius 3 is 2.74 bits per heavy atom. The average Bonchev–Trinajstić information content (AvgIpc) is 3.01. The Bertz CT molecular complexity index is 882. The largest absolute Gasteiger partial charge is 0.379 e. The average molecular weight is 394 g/mol. The van der Waals surface area contributed by atoms with Crippen molar-refractivity contribution in [2.24, 2.45) is 16.6 Å². The number of ether oxygens (including phenoxy) is 1. The summed E-state index contributed by atoms with van der Waals surface area (Å²) in [6.45, 7) is -0.476. The topological polar surface area (TPSA) is 73.4 Å². The molecular formula is C18H17F3N4OS. The first-order chi connectivity index (χ1) is 13.0. The summed E-state index contributed by atoms with van der Waals surface area (Å²) in [6, 6.07) is 2.25. The van der Waals surface area contributed by atoms with E-state index < -0.39 is 30.0 Å². The first kappa shape index (κ1) is 18.2. The van der Waals surface area contributed by atoms with Crippen molar-refractivity contribution >= 4 is 16.9 Å². The molecular weight excluding hydrogens is 377 g/mol. The van der Waals surface area contributed by atoms with Gasteiger partial charge < -0.3 is 10.5 Å². The number of benzene rings is 1. The number of fused-ring (bicyclic) bond motifs is 1. The van der Waals surface area contributed by atoms with Crippen LogP contribution in [0, 0.1) is 17.6 Å². The molecule has 2 N–H and O–H groups in total. The van der Waals surface area contributed by atoms with Crippen LogP contribution in [0.1, 0.15) is 12.0 Å². The molecule has 1 aromatic heterocycles. The Kier molecular flexibility index (Phi) is 4.81. The van der Waals surface area contributed by atoms with Gasteiger partial charge in [-0.1, -0.05) is 11.8 Å². The molecule has 2 aromatic rings. The van der Waals surface area contributed by atoms with Gasteiger partial charge in [0.1, 0.15) is 23.5 Å². The molecule has 0 aliphatic carbocycles.